The van der Waals surface area contributed by atoms with Gasteiger partial charge in [-0.15, -0.1) is 0 Å². The predicted molar refractivity (Wildman–Crippen MR) is 88.8 cm³/mol. The molecule has 0 saturated carbocycles. The number of hydrogen-bond acceptors (Lipinski definition) is 2. The fourth-order valence-corrected chi connectivity index (χ4v) is 2.80. The number of anilines is 1. The zero-order chi connectivity index (χ0) is 16.4. The summed E-state index contributed by atoms with van der Waals surface area (Å²) in [6, 6.07) is 7.76. The highest BCUT2D eigenvalue weighted by molar-refractivity contribution is 6.07. The normalized spacial score (nSPS) is 10.8. The molecule has 4 nitrogen and oxygen atoms in total. The molecule has 22 heavy (non-hydrogen) atoms. The van der Waals surface area contributed by atoms with Crippen LogP contribution in [-0.4, -0.2) is 16.7 Å². The largest absolute Gasteiger partial charge is 0.354 e. The number of carbonyl (C=O) groups is 2. The monoisotopic (exact) mass is 298 g/mol. The summed E-state index contributed by atoms with van der Waals surface area (Å²) in [5, 5.41) is 2.95. The number of aromatic amines is 1. The molecule has 0 unspecified atom stereocenters. The highest BCUT2D eigenvalue weighted by Crippen LogP contribution is 2.25. The molecule has 2 N–H and O–H groups in total. The molecule has 0 radical (unpaired) electrons. The molecule has 0 saturated heterocycles. The van der Waals surface area contributed by atoms with Crippen LogP contribution in [0.3, 0.4) is 0 Å². The molecule has 0 atom stereocenters. The van der Waals surface area contributed by atoms with Crippen LogP contribution in [0.2, 0.25) is 0 Å². The summed E-state index contributed by atoms with van der Waals surface area (Å²) in [5.74, 6) is 0.0600. The lowest BCUT2D eigenvalue weighted by molar-refractivity contribution is 0.101. The van der Waals surface area contributed by atoms with Crippen molar-refractivity contribution in [2.24, 2.45) is 0 Å². The Morgan fingerprint density at radius 2 is 1.77 bits per heavy atom. The number of ketones is 1. The molecule has 0 spiro atoms. The van der Waals surface area contributed by atoms with Gasteiger partial charge in [0, 0.05) is 16.9 Å². The maximum absolute atomic E-state index is 12.5. The van der Waals surface area contributed by atoms with Crippen molar-refractivity contribution in [1.82, 2.24) is 4.98 Å². The van der Waals surface area contributed by atoms with Gasteiger partial charge >= 0.3 is 0 Å². The van der Waals surface area contributed by atoms with E-state index in [0.29, 0.717) is 22.7 Å². The summed E-state index contributed by atoms with van der Waals surface area (Å²) >= 11 is 0. The zero-order valence-corrected chi connectivity index (χ0v) is 13.7. The molecule has 0 aliphatic rings. The Morgan fingerprint density at radius 1 is 1.14 bits per heavy atom. The van der Waals surface area contributed by atoms with E-state index >= 15 is 0 Å². The van der Waals surface area contributed by atoms with Crippen molar-refractivity contribution < 1.29 is 9.59 Å². The highest BCUT2D eigenvalue weighted by Gasteiger charge is 2.20. The van der Waals surface area contributed by atoms with Crippen LogP contribution in [0.4, 0.5) is 5.69 Å². The van der Waals surface area contributed by atoms with Crippen LogP contribution in [0.25, 0.3) is 0 Å². The number of aryl methyl sites for hydroxylation is 1. The maximum Gasteiger partial charge on any atom is 0.272 e. The number of Topliss-reactive ketones (excluding diaryl/α,β-unsaturated/α-hetero) is 1. The SMILES string of the molecule is CC(=O)c1c(C)[nH]c(C(=O)Nc2ccccc2C(C)C)c1C. The molecule has 1 aromatic heterocycles. The van der Waals surface area contributed by atoms with Gasteiger partial charge in [0.1, 0.15) is 5.69 Å². The number of amides is 1. The van der Waals surface area contributed by atoms with E-state index in [1.54, 1.807) is 6.92 Å². The van der Waals surface area contributed by atoms with Crippen LogP contribution in [0, 0.1) is 13.8 Å². The minimum atomic E-state index is -0.221. The number of carbonyl (C=O) groups excluding carboxylic acids is 2. The lowest BCUT2D eigenvalue weighted by atomic mass is 10.0. The molecule has 2 rings (SSSR count). The Hall–Kier alpha value is -2.36. The molecule has 4 heteroatoms. The van der Waals surface area contributed by atoms with Crippen molar-refractivity contribution in [2.75, 3.05) is 5.32 Å². The van der Waals surface area contributed by atoms with Gasteiger partial charge in [-0.1, -0.05) is 32.0 Å². The molecular weight excluding hydrogens is 276 g/mol. The molecule has 0 aliphatic heterocycles. The molecule has 1 aromatic carbocycles. The standard InChI is InChI=1S/C18H22N2O2/c1-10(2)14-8-6-7-9-15(14)20-18(22)17-11(3)16(13(5)21)12(4)19-17/h6-10,19H,1-5H3,(H,20,22). The second-order valence-corrected chi connectivity index (χ2v) is 5.88. The minimum Gasteiger partial charge on any atom is -0.354 e. The summed E-state index contributed by atoms with van der Waals surface area (Å²) in [6.07, 6.45) is 0. The van der Waals surface area contributed by atoms with Gasteiger partial charge in [-0.05, 0) is 43.9 Å². The summed E-state index contributed by atoms with van der Waals surface area (Å²) in [7, 11) is 0. The van der Waals surface area contributed by atoms with E-state index in [0.717, 1.165) is 16.9 Å². The summed E-state index contributed by atoms with van der Waals surface area (Å²) in [5.41, 5.74) is 4.36. The van der Waals surface area contributed by atoms with Gasteiger partial charge in [-0.3, -0.25) is 9.59 Å². The Balaban J connectivity index is 2.35. The van der Waals surface area contributed by atoms with E-state index in [2.05, 4.69) is 24.1 Å². The number of para-hydroxylation sites is 1. The number of aromatic nitrogens is 1. The van der Waals surface area contributed by atoms with Gasteiger partial charge in [0.2, 0.25) is 0 Å². The first-order valence-electron chi connectivity index (χ1n) is 7.43. The third-order valence-corrected chi connectivity index (χ3v) is 3.85. The van der Waals surface area contributed by atoms with Gasteiger partial charge in [0.05, 0.1) is 0 Å². The van der Waals surface area contributed by atoms with Crippen LogP contribution < -0.4 is 5.32 Å². The van der Waals surface area contributed by atoms with Crippen molar-refractivity contribution in [2.45, 2.75) is 40.5 Å². The van der Waals surface area contributed by atoms with E-state index in [-0.39, 0.29) is 11.7 Å². The molecule has 1 heterocycles. The lowest BCUT2D eigenvalue weighted by Gasteiger charge is -2.13. The Morgan fingerprint density at radius 3 is 2.32 bits per heavy atom. The quantitative estimate of drug-likeness (QED) is 0.831. The second-order valence-electron chi connectivity index (χ2n) is 5.88. The number of H-pyrrole nitrogens is 1. The van der Waals surface area contributed by atoms with Crippen LogP contribution in [-0.2, 0) is 0 Å². The first kappa shape index (κ1) is 16.0. The van der Waals surface area contributed by atoms with Crippen LogP contribution in [0.5, 0.6) is 0 Å². The van der Waals surface area contributed by atoms with Crippen LogP contribution in [0.15, 0.2) is 24.3 Å². The van der Waals surface area contributed by atoms with Crippen LogP contribution >= 0.6 is 0 Å². The Bertz CT molecular complexity index is 727. The van der Waals surface area contributed by atoms with Gasteiger partial charge in [0.25, 0.3) is 5.91 Å². The minimum absolute atomic E-state index is 0.0344. The van der Waals surface area contributed by atoms with Gasteiger partial charge in [0.15, 0.2) is 5.78 Å². The lowest BCUT2D eigenvalue weighted by Crippen LogP contribution is -2.15. The number of nitrogens with one attached hydrogen (secondary N) is 2. The highest BCUT2D eigenvalue weighted by atomic mass is 16.2. The first-order valence-corrected chi connectivity index (χ1v) is 7.43. The fraction of sp³-hybridized carbons (Fsp3) is 0.333. The third kappa shape index (κ3) is 2.96. The number of rotatable bonds is 4. The summed E-state index contributed by atoms with van der Waals surface area (Å²) < 4.78 is 0. The average molecular weight is 298 g/mol. The van der Waals surface area contributed by atoms with E-state index in [4.69, 9.17) is 0 Å². The van der Waals surface area contributed by atoms with E-state index < -0.39 is 0 Å². The van der Waals surface area contributed by atoms with E-state index in [1.165, 1.54) is 6.92 Å². The molecule has 0 bridgehead atoms. The van der Waals surface area contributed by atoms with Gasteiger partial charge in [-0.2, -0.15) is 0 Å². The van der Waals surface area contributed by atoms with Crippen molar-refractivity contribution >= 4 is 17.4 Å². The number of benzene rings is 1. The third-order valence-electron chi connectivity index (χ3n) is 3.85. The molecule has 0 fully saturated rings. The maximum atomic E-state index is 12.5. The molecular formula is C18H22N2O2. The van der Waals surface area contributed by atoms with Gasteiger partial charge < -0.3 is 10.3 Å². The molecule has 1 amide bonds. The average Bonchev–Trinajstić information content (AvgIpc) is 2.74. The van der Waals surface area contributed by atoms with E-state index in [1.807, 2.05) is 31.2 Å². The Kier molecular flexibility index (Phi) is 4.50. The predicted octanol–water partition coefficient (Wildman–Crippen LogP) is 4.21. The smallest absolute Gasteiger partial charge is 0.272 e. The van der Waals surface area contributed by atoms with Crippen LogP contribution in [0.1, 0.15) is 64.4 Å². The Labute approximate surface area is 130 Å². The summed E-state index contributed by atoms with van der Waals surface area (Å²) in [6.45, 7) is 9.29. The fourth-order valence-electron chi connectivity index (χ4n) is 2.80. The first-order chi connectivity index (χ1) is 10.3. The van der Waals surface area contributed by atoms with Gasteiger partial charge in [-0.25, -0.2) is 0 Å². The molecule has 116 valence electrons. The zero-order valence-electron chi connectivity index (χ0n) is 13.7. The molecule has 2 aromatic rings. The molecule has 0 aliphatic carbocycles. The van der Waals surface area contributed by atoms with Crippen molar-refractivity contribution in [3.63, 3.8) is 0 Å². The number of hydrogen-bond donors (Lipinski definition) is 2. The van der Waals surface area contributed by atoms with Crippen molar-refractivity contribution in [1.29, 1.82) is 0 Å². The summed E-state index contributed by atoms with van der Waals surface area (Å²) in [4.78, 5) is 27.2. The van der Waals surface area contributed by atoms with Crippen molar-refractivity contribution in [3.05, 3.63) is 52.3 Å². The second kappa shape index (κ2) is 6.18. The topological polar surface area (TPSA) is 62.0 Å². The van der Waals surface area contributed by atoms with E-state index in [9.17, 15) is 9.59 Å². The van der Waals surface area contributed by atoms with Crippen molar-refractivity contribution in [3.8, 4) is 0 Å².